The molecule has 1 heterocycles. The van der Waals surface area contributed by atoms with Gasteiger partial charge in [-0.1, -0.05) is 22.0 Å². The molecule has 18 heavy (non-hydrogen) atoms. The zero-order valence-corrected chi connectivity index (χ0v) is 10.4. The van der Waals surface area contributed by atoms with Crippen molar-refractivity contribution < 1.29 is 18.1 Å². The first kappa shape index (κ1) is 12.7. The van der Waals surface area contributed by atoms with E-state index in [1.165, 1.54) is 18.2 Å². The van der Waals surface area contributed by atoms with E-state index in [4.69, 9.17) is 4.42 Å². The first-order valence-electron chi connectivity index (χ1n) is 4.82. The molecule has 0 spiro atoms. The number of nitrogens with zero attached hydrogens (tertiary/aromatic N) is 1. The number of benzene rings is 1. The van der Waals surface area contributed by atoms with Crippen LogP contribution in [0.15, 0.2) is 34.7 Å². The summed E-state index contributed by atoms with van der Waals surface area (Å²) in [6, 6.07) is 5.62. The molecule has 0 saturated heterocycles. The molecule has 2 rings (SSSR count). The summed E-state index contributed by atoms with van der Waals surface area (Å²) >= 11 is 3.15. The summed E-state index contributed by atoms with van der Waals surface area (Å²) in [6.07, 6.45) is 0. The van der Waals surface area contributed by atoms with Crippen LogP contribution in [0.2, 0.25) is 0 Å². The molecule has 0 aliphatic heterocycles. The smallest absolute Gasteiger partial charge is 0.404 e. The van der Waals surface area contributed by atoms with Crippen molar-refractivity contribution in [1.29, 1.82) is 0 Å². The van der Waals surface area contributed by atoms with Crippen molar-refractivity contribution in [2.24, 2.45) is 0 Å². The lowest BCUT2D eigenvalue weighted by molar-refractivity contribution is -0.402. The molecule has 0 N–H and O–H groups in total. The molecule has 0 aliphatic rings. The van der Waals surface area contributed by atoms with Crippen molar-refractivity contribution >= 4 is 21.8 Å². The highest BCUT2D eigenvalue weighted by molar-refractivity contribution is 9.09. The third kappa shape index (κ3) is 2.40. The van der Waals surface area contributed by atoms with Gasteiger partial charge in [-0.3, -0.25) is 10.1 Å². The van der Waals surface area contributed by atoms with E-state index < -0.39 is 27.3 Å². The largest absolute Gasteiger partial charge is 0.433 e. The molecule has 1 aromatic carbocycles. The van der Waals surface area contributed by atoms with Gasteiger partial charge in [-0.2, -0.15) is 0 Å². The van der Waals surface area contributed by atoms with Gasteiger partial charge < -0.3 is 4.42 Å². The molecule has 0 fully saturated rings. The molecule has 0 aliphatic carbocycles. The van der Waals surface area contributed by atoms with Crippen LogP contribution in [0.4, 0.5) is 14.7 Å². The number of nitro groups is 1. The predicted molar refractivity (Wildman–Crippen MR) is 62.5 cm³/mol. The summed E-state index contributed by atoms with van der Waals surface area (Å²) in [5, 5.41) is 10.5. The van der Waals surface area contributed by atoms with Crippen LogP contribution >= 0.6 is 15.9 Å². The molecule has 0 bridgehead atoms. The second-order valence-electron chi connectivity index (χ2n) is 3.46. The maximum Gasteiger partial charge on any atom is 0.433 e. The molecule has 0 radical (unpaired) electrons. The highest BCUT2D eigenvalue weighted by Gasteiger charge is 2.21. The van der Waals surface area contributed by atoms with E-state index in [0.29, 0.717) is 0 Å². The van der Waals surface area contributed by atoms with Crippen LogP contribution in [0.1, 0.15) is 16.2 Å². The summed E-state index contributed by atoms with van der Waals surface area (Å²) in [7, 11) is 0. The molecule has 94 valence electrons. The number of hydrogen-bond donors (Lipinski definition) is 0. The van der Waals surface area contributed by atoms with Crippen LogP contribution < -0.4 is 0 Å². The van der Waals surface area contributed by atoms with E-state index >= 15 is 0 Å². The summed E-state index contributed by atoms with van der Waals surface area (Å²) in [6.45, 7) is 0. The molecular weight excluding hydrogens is 312 g/mol. The Morgan fingerprint density at radius 3 is 2.56 bits per heavy atom. The minimum atomic E-state index is -0.754. The van der Waals surface area contributed by atoms with Crippen molar-refractivity contribution in [3.8, 4) is 0 Å². The summed E-state index contributed by atoms with van der Waals surface area (Å²) in [5.74, 6) is -1.71. The van der Waals surface area contributed by atoms with Gasteiger partial charge >= 0.3 is 5.88 Å². The number of furan rings is 1. The highest BCUT2D eigenvalue weighted by atomic mass is 79.9. The summed E-state index contributed by atoms with van der Waals surface area (Å²) in [4.78, 5) is 9.05. The first-order valence-corrected chi connectivity index (χ1v) is 5.73. The Morgan fingerprint density at radius 1 is 1.28 bits per heavy atom. The monoisotopic (exact) mass is 317 g/mol. The number of hydrogen-bond acceptors (Lipinski definition) is 3. The van der Waals surface area contributed by atoms with Crippen molar-refractivity contribution in [2.75, 3.05) is 0 Å². The average Bonchev–Trinajstić information content (AvgIpc) is 2.77. The van der Waals surface area contributed by atoms with Gasteiger partial charge in [0.05, 0.1) is 6.07 Å². The zero-order chi connectivity index (χ0) is 13.3. The van der Waals surface area contributed by atoms with Crippen molar-refractivity contribution in [3.63, 3.8) is 0 Å². The van der Waals surface area contributed by atoms with Gasteiger partial charge in [-0.15, -0.1) is 0 Å². The minimum absolute atomic E-state index is 0.139. The van der Waals surface area contributed by atoms with Gasteiger partial charge in [0.1, 0.15) is 27.1 Å². The van der Waals surface area contributed by atoms with Crippen LogP contribution in [-0.4, -0.2) is 4.92 Å². The molecule has 1 atom stereocenters. The Labute approximate surface area is 108 Å². The minimum Gasteiger partial charge on any atom is -0.404 e. The van der Waals surface area contributed by atoms with Crippen LogP contribution in [-0.2, 0) is 0 Å². The Kier molecular flexibility index (Phi) is 3.42. The van der Waals surface area contributed by atoms with Crippen LogP contribution in [0.3, 0.4) is 0 Å². The lowest BCUT2D eigenvalue weighted by atomic mass is 10.1. The first-order chi connectivity index (χ1) is 8.49. The highest BCUT2D eigenvalue weighted by Crippen LogP contribution is 2.35. The molecule has 2 aromatic rings. The maximum absolute atomic E-state index is 13.5. The average molecular weight is 318 g/mol. The van der Waals surface area contributed by atoms with Gasteiger partial charge in [0, 0.05) is 11.6 Å². The van der Waals surface area contributed by atoms with Crippen molar-refractivity contribution in [3.05, 3.63) is 63.4 Å². The molecule has 4 nitrogen and oxygen atoms in total. The van der Waals surface area contributed by atoms with E-state index in [1.807, 2.05) is 0 Å². The molecular formula is C11H6BrF2NO3. The van der Waals surface area contributed by atoms with E-state index in [-0.39, 0.29) is 11.3 Å². The quantitative estimate of drug-likeness (QED) is 0.489. The second kappa shape index (κ2) is 4.85. The lowest BCUT2D eigenvalue weighted by Crippen LogP contribution is -1.96. The van der Waals surface area contributed by atoms with Crippen LogP contribution in [0, 0.1) is 21.7 Å². The number of halogens is 3. The maximum atomic E-state index is 13.5. The molecule has 1 aromatic heterocycles. The molecule has 0 amide bonds. The fourth-order valence-electron chi connectivity index (χ4n) is 1.44. The zero-order valence-electron chi connectivity index (χ0n) is 8.77. The Morgan fingerprint density at radius 2 is 2.00 bits per heavy atom. The van der Waals surface area contributed by atoms with E-state index in [0.717, 1.165) is 12.1 Å². The van der Waals surface area contributed by atoms with Gasteiger partial charge in [0.25, 0.3) is 0 Å². The van der Waals surface area contributed by atoms with Gasteiger partial charge in [-0.25, -0.2) is 8.78 Å². The standard InChI is InChI=1S/C11H6BrF2NO3/c12-11(7-2-1-6(13)5-8(7)14)9-3-4-10(18-9)15(16)17/h1-5,11H. The second-order valence-corrected chi connectivity index (χ2v) is 4.38. The van der Waals surface area contributed by atoms with Crippen molar-refractivity contribution in [1.82, 2.24) is 0 Å². The normalized spacial score (nSPS) is 12.4. The Balaban J connectivity index is 2.35. The third-order valence-corrected chi connectivity index (χ3v) is 3.22. The number of alkyl halides is 1. The molecule has 7 heteroatoms. The molecule has 0 saturated carbocycles. The van der Waals surface area contributed by atoms with Gasteiger partial charge in [0.15, 0.2) is 0 Å². The fourth-order valence-corrected chi connectivity index (χ4v) is 2.05. The molecule has 1 unspecified atom stereocenters. The topological polar surface area (TPSA) is 56.3 Å². The SMILES string of the molecule is O=[N+]([O-])c1ccc(C(Br)c2ccc(F)cc2F)o1. The Hall–Kier alpha value is -1.76. The summed E-state index contributed by atoms with van der Waals surface area (Å²) in [5.41, 5.74) is 0.139. The van der Waals surface area contributed by atoms with E-state index in [1.54, 1.807) is 0 Å². The van der Waals surface area contributed by atoms with Crippen LogP contribution in [0.5, 0.6) is 0 Å². The van der Waals surface area contributed by atoms with Crippen molar-refractivity contribution in [2.45, 2.75) is 4.83 Å². The third-order valence-electron chi connectivity index (χ3n) is 2.28. The number of rotatable bonds is 3. The van der Waals surface area contributed by atoms with Gasteiger partial charge in [-0.05, 0) is 12.1 Å². The summed E-state index contributed by atoms with van der Waals surface area (Å²) < 4.78 is 31.2. The fraction of sp³-hybridized carbons (Fsp3) is 0.0909. The Bertz CT molecular complexity index is 600. The van der Waals surface area contributed by atoms with E-state index in [2.05, 4.69) is 15.9 Å². The lowest BCUT2D eigenvalue weighted by Gasteiger charge is -2.07. The van der Waals surface area contributed by atoms with Gasteiger partial charge in [0.2, 0.25) is 0 Å². The van der Waals surface area contributed by atoms with Crippen LogP contribution in [0.25, 0.3) is 0 Å². The predicted octanol–water partition coefficient (Wildman–Crippen LogP) is 3.95. The van der Waals surface area contributed by atoms with E-state index in [9.17, 15) is 18.9 Å².